The zero-order valence-electron chi connectivity index (χ0n) is 17.8. The molecular formula is C20H37N5OS. The summed E-state index contributed by atoms with van der Waals surface area (Å²) in [4.78, 5) is 16.1. The maximum absolute atomic E-state index is 12.6. The van der Waals surface area contributed by atoms with Crippen molar-refractivity contribution in [3.05, 3.63) is 5.01 Å². The third-order valence-corrected chi connectivity index (χ3v) is 6.31. The predicted molar refractivity (Wildman–Crippen MR) is 114 cm³/mol. The highest BCUT2D eigenvalue weighted by atomic mass is 32.1. The lowest BCUT2D eigenvalue weighted by Crippen LogP contribution is -2.44. The number of urea groups is 1. The molecule has 2 heterocycles. The normalized spacial score (nSPS) is 18.0. The molecule has 0 aromatic carbocycles. The molecular weight excluding hydrogens is 358 g/mol. The van der Waals surface area contributed by atoms with Crippen LogP contribution in [0.15, 0.2) is 0 Å². The lowest BCUT2D eigenvalue weighted by Gasteiger charge is -2.21. The van der Waals surface area contributed by atoms with Crippen molar-refractivity contribution in [3.63, 3.8) is 0 Å². The first kappa shape index (κ1) is 22.1. The third-order valence-electron chi connectivity index (χ3n) is 4.96. The summed E-state index contributed by atoms with van der Waals surface area (Å²) in [5.74, 6) is 0. The second-order valence-electron chi connectivity index (χ2n) is 8.62. The molecule has 1 N–H and O–H groups in total. The summed E-state index contributed by atoms with van der Waals surface area (Å²) < 4.78 is 0. The molecule has 1 atom stereocenters. The molecule has 1 aromatic heterocycles. The third kappa shape index (κ3) is 6.42. The van der Waals surface area contributed by atoms with E-state index in [2.05, 4.69) is 43.2 Å². The molecule has 1 aromatic rings. The second-order valence-corrected chi connectivity index (χ2v) is 9.57. The van der Waals surface area contributed by atoms with Gasteiger partial charge in [0.05, 0.1) is 6.54 Å². The highest BCUT2D eigenvalue weighted by molar-refractivity contribution is 7.15. The monoisotopic (exact) mass is 395 g/mol. The Bertz CT molecular complexity index is 583. The number of anilines is 1. The fraction of sp³-hybridized carbons (Fsp3) is 0.850. The number of nitrogens with zero attached hydrogens (tertiary/aromatic N) is 4. The van der Waals surface area contributed by atoms with Gasteiger partial charge in [-0.3, -0.25) is 10.2 Å². The van der Waals surface area contributed by atoms with Crippen LogP contribution >= 0.6 is 11.3 Å². The molecule has 1 aliphatic heterocycles. The molecule has 0 saturated carbocycles. The predicted octanol–water partition coefficient (Wildman–Crippen LogP) is 4.76. The first-order valence-corrected chi connectivity index (χ1v) is 11.3. The molecule has 154 valence electrons. The Morgan fingerprint density at radius 1 is 1.07 bits per heavy atom. The topological polar surface area (TPSA) is 61.4 Å². The number of rotatable bonds is 11. The minimum Gasteiger partial charge on any atom is -0.324 e. The van der Waals surface area contributed by atoms with Crippen LogP contribution in [-0.4, -0.2) is 47.4 Å². The van der Waals surface area contributed by atoms with Crippen LogP contribution in [0.3, 0.4) is 0 Å². The van der Waals surface area contributed by atoms with Gasteiger partial charge < -0.3 is 4.90 Å². The Balaban J connectivity index is 1.79. The Kier molecular flexibility index (Phi) is 8.48. The number of amides is 2. The summed E-state index contributed by atoms with van der Waals surface area (Å²) in [7, 11) is 1.85. The number of likely N-dealkylation sites (N-methyl/N-ethyl adjacent to an activating group) is 1. The highest BCUT2D eigenvalue weighted by Gasteiger charge is 2.38. The van der Waals surface area contributed by atoms with Gasteiger partial charge in [-0.1, -0.05) is 84.0 Å². The van der Waals surface area contributed by atoms with E-state index in [4.69, 9.17) is 0 Å². The van der Waals surface area contributed by atoms with Crippen molar-refractivity contribution < 1.29 is 4.79 Å². The molecule has 2 rings (SSSR count). The molecule has 1 aliphatic rings. The summed E-state index contributed by atoms with van der Waals surface area (Å²) in [6, 6.07) is 0.0000309. The number of carbonyl (C=O) groups is 1. The van der Waals surface area contributed by atoms with E-state index in [9.17, 15) is 4.79 Å². The zero-order chi connectivity index (χ0) is 19.9. The lowest BCUT2D eigenvalue weighted by atomic mass is 9.98. The fourth-order valence-electron chi connectivity index (χ4n) is 3.25. The van der Waals surface area contributed by atoms with Gasteiger partial charge >= 0.3 is 6.03 Å². The van der Waals surface area contributed by atoms with E-state index in [-0.39, 0.29) is 17.6 Å². The number of hydrogen-bond donors (Lipinski definition) is 1. The molecule has 0 bridgehead atoms. The van der Waals surface area contributed by atoms with Crippen LogP contribution in [-0.2, 0) is 5.41 Å². The summed E-state index contributed by atoms with van der Waals surface area (Å²) in [6.07, 6.45) is 10.4. The van der Waals surface area contributed by atoms with Crippen LogP contribution in [0.1, 0.15) is 84.1 Å². The first-order valence-electron chi connectivity index (χ1n) is 10.5. The van der Waals surface area contributed by atoms with Crippen molar-refractivity contribution >= 4 is 22.5 Å². The van der Waals surface area contributed by atoms with Gasteiger partial charge in [-0.15, -0.1) is 10.2 Å². The minimum absolute atomic E-state index is 0.0000309. The van der Waals surface area contributed by atoms with Gasteiger partial charge in [0.25, 0.3) is 0 Å². The maximum Gasteiger partial charge on any atom is 0.327 e. The first-order chi connectivity index (χ1) is 12.8. The van der Waals surface area contributed by atoms with Gasteiger partial charge in [-0.05, 0) is 13.0 Å². The van der Waals surface area contributed by atoms with Crippen LogP contribution in [0.2, 0.25) is 0 Å². The SMILES string of the molecule is CCCCCCCCCCNC1CN(C)C(=O)N1c1nnc(C(C)(C)C)s1. The smallest absolute Gasteiger partial charge is 0.324 e. The lowest BCUT2D eigenvalue weighted by molar-refractivity contribution is 0.229. The van der Waals surface area contributed by atoms with Gasteiger partial charge in [0.15, 0.2) is 0 Å². The summed E-state index contributed by atoms with van der Waals surface area (Å²) in [5, 5.41) is 13.8. The Morgan fingerprint density at radius 3 is 2.30 bits per heavy atom. The molecule has 7 heteroatoms. The van der Waals surface area contributed by atoms with Crippen LogP contribution in [0.4, 0.5) is 9.93 Å². The molecule has 1 saturated heterocycles. The average molecular weight is 396 g/mol. The molecule has 27 heavy (non-hydrogen) atoms. The van der Waals surface area contributed by atoms with Gasteiger partial charge in [0.1, 0.15) is 11.2 Å². The number of nitrogens with one attached hydrogen (secondary N) is 1. The Morgan fingerprint density at radius 2 is 1.70 bits per heavy atom. The summed E-state index contributed by atoms with van der Waals surface area (Å²) in [5.41, 5.74) is -0.0509. The van der Waals surface area contributed by atoms with E-state index in [0.717, 1.165) is 18.0 Å². The van der Waals surface area contributed by atoms with Crippen LogP contribution in [0.25, 0.3) is 0 Å². The molecule has 1 unspecified atom stereocenters. The molecule has 0 radical (unpaired) electrons. The van der Waals surface area contributed by atoms with Crippen molar-refractivity contribution in [2.75, 3.05) is 25.0 Å². The molecule has 1 fully saturated rings. The number of aromatic nitrogens is 2. The Labute approximate surface area is 168 Å². The van der Waals surface area contributed by atoms with Crippen molar-refractivity contribution in [1.29, 1.82) is 0 Å². The largest absolute Gasteiger partial charge is 0.327 e. The van der Waals surface area contributed by atoms with E-state index in [1.165, 1.54) is 56.3 Å². The summed E-state index contributed by atoms with van der Waals surface area (Å²) in [6.45, 7) is 10.2. The second kappa shape index (κ2) is 10.4. The highest BCUT2D eigenvalue weighted by Crippen LogP contribution is 2.32. The number of hydrogen-bond acceptors (Lipinski definition) is 5. The van der Waals surface area contributed by atoms with Crippen molar-refractivity contribution in [3.8, 4) is 0 Å². The molecule has 0 aliphatic carbocycles. The summed E-state index contributed by atoms with van der Waals surface area (Å²) >= 11 is 1.52. The maximum atomic E-state index is 12.6. The van der Waals surface area contributed by atoms with E-state index in [0.29, 0.717) is 11.7 Å². The standard InChI is InChI=1S/C20H37N5OS/c1-6-7-8-9-10-11-12-13-14-21-16-15-24(5)19(26)25(16)18-23-22-17(27-18)20(2,3)4/h16,21H,6-15H2,1-5H3. The van der Waals surface area contributed by atoms with Crippen LogP contribution in [0.5, 0.6) is 0 Å². The van der Waals surface area contributed by atoms with E-state index in [1.54, 1.807) is 9.80 Å². The van der Waals surface area contributed by atoms with Crippen molar-refractivity contribution in [2.45, 2.75) is 90.6 Å². The van der Waals surface area contributed by atoms with Gasteiger partial charge in [-0.25, -0.2) is 4.79 Å². The zero-order valence-corrected chi connectivity index (χ0v) is 18.6. The number of carbonyl (C=O) groups excluding carboxylic acids is 1. The molecule has 2 amide bonds. The van der Waals surface area contributed by atoms with Crippen molar-refractivity contribution in [1.82, 2.24) is 20.4 Å². The van der Waals surface area contributed by atoms with Crippen molar-refractivity contribution in [2.24, 2.45) is 0 Å². The van der Waals surface area contributed by atoms with Gasteiger partial charge in [0.2, 0.25) is 5.13 Å². The van der Waals surface area contributed by atoms with Gasteiger partial charge in [0, 0.05) is 12.5 Å². The molecule has 6 nitrogen and oxygen atoms in total. The van der Waals surface area contributed by atoms with Gasteiger partial charge in [-0.2, -0.15) is 0 Å². The van der Waals surface area contributed by atoms with Crippen LogP contribution in [0, 0.1) is 0 Å². The average Bonchev–Trinajstić information content (AvgIpc) is 3.19. The fourth-order valence-corrected chi connectivity index (χ4v) is 4.20. The Hall–Kier alpha value is -1.21. The van der Waals surface area contributed by atoms with E-state index >= 15 is 0 Å². The van der Waals surface area contributed by atoms with Crippen LogP contribution < -0.4 is 10.2 Å². The van der Waals surface area contributed by atoms with E-state index in [1.807, 2.05) is 7.05 Å². The molecule has 0 spiro atoms. The number of unbranched alkanes of at least 4 members (excludes halogenated alkanes) is 7. The minimum atomic E-state index is -0.0509. The van der Waals surface area contributed by atoms with E-state index < -0.39 is 0 Å². The quantitative estimate of drug-likeness (QED) is 0.549.